The quantitative estimate of drug-likeness (QED) is 0.476. The molecule has 0 radical (unpaired) electrons. The first-order chi connectivity index (χ1) is 11.1. The van der Waals surface area contributed by atoms with Crippen molar-refractivity contribution in [3.8, 4) is 0 Å². The molecule has 9 heteroatoms. The van der Waals surface area contributed by atoms with Crippen molar-refractivity contribution >= 4 is 67.2 Å². The first-order valence-electron chi connectivity index (χ1n) is 6.73. The molecule has 0 atom stereocenters. The molecule has 0 bridgehead atoms. The molecule has 3 aromatic rings. The summed E-state index contributed by atoms with van der Waals surface area (Å²) in [5, 5.41) is 12.1. The standard InChI is InChI=1S/C14H11ClFN3OS3/c1-2-5-21-14-19-18-13(23-14)17-12(20)11-10(15)8-4-3-7(16)6-9(8)22-11/h3-4,6H,2,5H2,1H3,(H,17,18,20). The molecule has 2 aromatic heterocycles. The number of thioether (sulfide) groups is 1. The summed E-state index contributed by atoms with van der Waals surface area (Å²) >= 11 is 10.3. The van der Waals surface area contributed by atoms with Crippen LogP contribution in [-0.2, 0) is 0 Å². The normalized spacial score (nSPS) is 11.1. The number of benzene rings is 1. The molecule has 4 nitrogen and oxygen atoms in total. The third kappa shape index (κ3) is 3.65. The predicted octanol–water partition coefficient (Wildman–Crippen LogP) is 5.30. The average Bonchev–Trinajstić information content (AvgIpc) is 3.09. The fourth-order valence-corrected chi connectivity index (χ4v) is 4.96. The number of hydrogen-bond acceptors (Lipinski definition) is 6. The maximum absolute atomic E-state index is 13.3. The third-order valence-corrected chi connectivity index (χ3v) is 6.69. The van der Waals surface area contributed by atoms with Crippen LogP contribution < -0.4 is 5.32 Å². The van der Waals surface area contributed by atoms with Crippen molar-refractivity contribution in [2.45, 2.75) is 17.7 Å². The lowest BCUT2D eigenvalue weighted by molar-refractivity contribution is 0.103. The van der Waals surface area contributed by atoms with Crippen LogP contribution in [0.4, 0.5) is 9.52 Å². The molecule has 0 aliphatic rings. The molecule has 0 unspecified atom stereocenters. The van der Waals surface area contributed by atoms with Gasteiger partial charge in [0.1, 0.15) is 10.7 Å². The first-order valence-corrected chi connectivity index (χ1v) is 9.73. The van der Waals surface area contributed by atoms with Crippen molar-refractivity contribution in [1.82, 2.24) is 10.2 Å². The van der Waals surface area contributed by atoms with Crippen LogP contribution >= 0.6 is 46.0 Å². The van der Waals surface area contributed by atoms with E-state index >= 15 is 0 Å². The van der Waals surface area contributed by atoms with Crippen LogP contribution in [0.2, 0.25) is 5.02 Å². The summed E-state index contributed by atoms with van der Waals surface area (Å²) < 4.78 is 14.7. The molecule has 120 valence electrons. The molecule has 1 amide bonds. The van der Waals surface area contributed by atoms with Gasteiger partial charge in [-0.15, -0.1) is 21.5 Å². The van der Waals surface area contributed by atoms with Gasteiger partial charge in [0, 0.05) is 15.8 Å². The molecule has 2 heterocycles. The number of nitrogens with zero attached hydrogens (tertiary/aromatic N) is 2. The Morgan fingerprint density at radius 2 is 2.22 bits per heavy atom. The highest BCUT2D eigenvalue weighted by atomic mass is 35.5. The summed E-state index contributed by atoms with van der Waals surface area (Å²) in [6.07, 6.45) is 1.04. The van der Waals surface area contributed by atoms with E-state index in [1.807, 2.05) is 0 Å². The number of amides is 1. The number of halogens is 2. The van der Waals surface area contributed by atoms with Crippen molar-refractivity contribution in [3.63, 3.8) is 0 Å². The van der Waals surface area contributed by atoms with Gasteiger partial charge in [0.2, 0.25) is 5.13 Å². The molecule has 0 aliphatic heterocycles. The van der Waals surface area contributed by atoms with Gasteiger partial charge in [0.15, 0.2) is 4.34 Å². The number of thiophene rings is 1. The molecule has 1 aromatic carbocycles. The number of nitrogens with one attached hydrogen (secondary N) is 1. The van der Waals surface area contributed by atoms with Gasteiger partial charge < -0.3 is 0 Å². The molecular formula is C14H11ClFN3OS3. The van der Waals surface area contributed by atoms with Crippen LogP contribution in [0, 0.1) is 5.82 Å². The lowest BCUT2D eigenvalue weighted by atomic mass is 10.2. The van der Waals surface area contributed by atoms with E-state index < -0.39 is 0 Å². The number of carbonyl (C=O) groups is 1. The van der Waals surface area contributed by atoms with E-state index in [-0.39, 0.29) is 11.7 Å². The fourth-order valence-electron chi connectivity index (χ4n) is 1.85. The summed E-state index contributed by atoms with van der Waals surface area (Å²) in [5.41, 5.74) is 0. The Balaban J connectivity index is 1.80. The van der Waals surface area contributed by atoms with E-state index in [9.17, 15) is 9.18 Å². The minimum absolute atomic E-state index is 0.326. The second kappa shape index (κ2) is 7.12. The molecular weight excluding hydrogens is 377 g/mol. The zero-order chi connectivity index (χ0) is 16.4. The van der Waals surface area contributed by atoms with E-state index in [1.165, 1.54) is 23.5 Å². The van der Waals surface area contributed by atoms with Crippen LogP contribution in [0.5, 0.6) is 0 Å². The zero-order valence-electron chi connectivity index (χ0n) is 11.9. The minimum atomic E-state index is -0.361. The Morgan fingerprint density at radius 1 is 1.39 bits per heavy atom. The molecule has 23 heavy (non-hydrogen) atoms. The summed E-state index contributed by atoms with van der Waals surface area (Å²) in [6, 6.07) is 4.27. The number of anilines is 1. The largest absolute Gasteiger partial charge is 0.296 e. The second-order valence-corrected chi connectivity index (χ2v) is 8.31. The summed E-state index contributed by atoms with van der Waals surface area (Å²) in [7, 11) is 0. The Hall–Kier alpha value is -1.22. The third-order valence-electron chi connectivity index (χ3n) is 2.85. The van der Waals surface area contributed by atoms with Crippen molar-refractivity contribution < 1.29 is 9.18 Å². The van der Waals surface area contributed by atoms with E-state index in [1.54, 1.807) is 17.8 Å². The molecule has 1 N–H and O–H groups in total. The Bertz CT molecular complexity index is 864. The molecule has 0 fully saturated rings. The first kappa shape index (κ1) is 16.6. The second-order valence-electron chi connectivity index (χ2n) is 4.56. The fraction of sp³-hybridized carbons (Fsp3) is 0.214. The van der Waals surface area contributed by atoms with Gasteiger partial charge in [-0.3, -0.25) is 10.1 Å². The van der Waals surface area contributed by atoms with Crippen LogP contribution in [0.15, 0.2) is 22.5 Å². The Labute approximate surface area is 149 Å². The van der Waals surface area contributed by atoms with Gasteiger partial charge in [-0.25, -0.2) is 4.39 Å². The summed E-state index contributed by atoms with van der Waals surface area (Å²) in [5.74, 6) is 0.236. The number of carbonyl (C=O) groups excluding carboxylic acids is 1. The van der Waals surface area contributed by atoms with E-state index in [2.05, 4.69) is 22.4 Å². The SMILES string of the molecule is CCCSc1nnc(NC(=O)c2sc3cc(F)ccc3c2Cl)s1. The van der Waals surface area contributed by atoms with E-state index in [4.69, 9.17) is 11.6 Å². The highest BCUT2D eigenvalue weighted by Crippen LogP contribution is 2.36. The summed E-state index contributed by atoms with van der Waals surface area (Å²) in [6.45, 7) is 2.09. The smallest absolute Gasteiger partial charge is 0.269 e. The van der Waals surface area contributed by atoms with Gasteiger partial charge in [-0.1, -0.05) is 41.6 Å². The molecule has 3 rings (SSSR count). The Morgan fingerprint density at radius 3 is 3.00 bits per heavy atom. The van der Waals surface area contributed by atoms with Gasteiger partial charge in [0.25, 0.3) is 5.91 Å². The van der Waals surface area contributed by atoms with Crippen molar-refractivity contribution in [1.29, 1.82) is 0 Å². The van der Waals surface area contributed by atoms with Crippen LogP contribution in [0.1, 0.15) is 23.0 Å². The lowest BCUT2D eigenvalue weighted by Crippen LogP contribution is -2.10. The van der Waals surface area contributed by atoms with Crippen LogP contribution in [0.25, 0.3) is 10.1 Å². The Kier molecular flexibility index (Phi) is 5.15. The maximum Gasteiger partial charge on any atom is 0.269 e. The topological polar surface area (TPSA) is 54.9 Å². The number of hydrogen-bond donors (Lipinski definition) is 1. The van der Waals surface area contributed by atoms with Crippen LogP contribution in [0.3, 0.4) is 0 Å². The van der Waals surface area contributed by atoms with E-state index in [0.29, 0.717) is 25.1 Å². The molecule has 0 aliphatic carbocycles. The maximum atomic E-state index is 13.3. The van der Waals surface area contributed by atoms with Gasteiger partial charge in [-0.2, -0.15) is 0 Å². The highest BCUT2D eigenvalue weighted by Gasteiger charge is 2.19. The number of fused-ring (bicyclic) bond motifs is 1. The molecule has 0 spiro atoms. The summed E-state index contributed by atoms with van der Waals surface area (Å²) in [4.78, 5) is 12.7. The predicted molar refractivity (Wildman–Crippen MR) is 95.7 cm³/mol. The van der Waals surface area contributed by atoms with Gasteiger partial charge in [-0.05, 0) is 24.6 Å². The van der Waals surface area contributed by atoms with Crippen molar-refractivity contribution in [2.75, 3.05) is 11.1 Å². The average molecular weight is 388 g/mol. The molecule has 0 saturated heterocycles. The molecule has 0 saturated carbocycles. The van der Waals surface area contributed by atoms with E-state index in [0.717, 1.165) is 27.9 Å². The zero-order valence-corrected chi connectivity index (χ0v) is 15.1. The minimum Gasteiger partial charge on any atom is -0.296 e. The monoisotopic (exact) mass is 387 g/mol. The number of aromatic nitrogens is 2. The van der Waals surface area contributed by atoms with Crippen molar-refractivity contribution in [3.05, 3.63) is 33.9 Å². The lowest BCUT2D eigenvalue weighted by Gasteiger charge is -1.98. The number of rotatable bonds is 5. The van der Waals surface area contributed by atoms with Crippen LogP contribution in [-0.4, -0.2) is 21.9 Å². The van der Waals surface area contributed by atoms with Gasteiger partial charge in [0.05, 0.1) is 5.02 Å². The van der Waals surface area contributed by atoms with Crippen molar-refractivity contribution in [2.24, 2.45) is 0 Å². The highest BCUT2D eigenvalue weighted by molar-refractivity contribution is 8.01. The van der Waals surface area contributed by atoms with Gasteiger partial charge >= 0.3 is 0 Å².